The first-order valence-corrected chi connectivity index (χ1v) is 7.07. The SMILES string of the molecule is CCCNC(=O)Cn1c(=S)[nH]c2cc(F)c(Br)cc21. The molecule has 1 amide bonds. The number of carbonyl (C=O) groups is 1. The number of rotatable bonds is 4. The minimum Gasteiger partial charge on any atom is -0.355 e. The van der Waals surface area contributed by atoms with Crippen LogP contribution in [0.2, 0.25) is 0 Å². The van der Waals surface area contributed by atoms with Gasteiger partial charge >= 0.3 is 0 Å². The second kappa shape index (κ2) is 5.83. The van der Waals surface area contributed by atoms with Gasteiger partial charge in [-0.1, -0.05) is 6.92 Å². The van der Waals surface area contributed by atoms with Crippen LogP contribution in [0.3, 0.4) is 0 Å². The van der Waals surface area contributed by atoms with Crippen LogP contribution in [0.15, 0.2) is 16.6 Å². The minimum atomic E-state index is -0.369. The Morgan fingerprint density at radius 3 is 3.00 bits per heavy atom. The van der Waals surface area contributed by atoms with Gasteiger partial charge in [-0.2, -0.15) is 0 Å². The Balaban J connectivity index is 2.37. The summed E-state index contributed by atoms with van der Waals surface area (Å²) >= 11 is 8.29. The summed E-state index contributed by atoms with van der Waals surface area (Å²) in [5.74, 6) is -0.481. The average molecular weight is 346 g/mol. The van der Waals surface area contributed by atoms with Gasteiger partial charge in [-0.05, 0) is 40.6 Å². The Bertz CT molecular complexity index is 679. The topological polar surface area (TPSA) is 49.8 Å². The van der Waals surface area contributed by atoms with Gasteiger partial charge in [-0.3, -0.25) is 4.79 Å². The number of fused-ring (bicyclic) bond motifs is 1. The molecule has 0 unspecified atom stereocenters. The number of amides is 1. The number of H-pyrrole nitrogens is 1. The molecule has 2 aromatic rings. The molecule has 0 radical (unpaired) electrons. The van der Waals surface area contributed by atoms with E-state index in [-0.39, 0.29) is 18.3 Å². The first-order valence-electron chi connectivity index (χ1n) is 5.87. The van der Waals surface area contributed by atoms with E-state index in [1.807, 2.05) is 6.92 Å². The van der Waals surface area contributed by atoms with Gasteiger partial charge in [0.05, 0.1) is 15.5 Å². The van der Waals surface area contributed by atoms with E-state index in [1.54, 1.807) is 10.6 Å². The number of aromatic amines is 1. The Kier molecular flexibility index (Phi) is 4.36. The third-order valence-electron chi connectivity index (χ3n) is 2.69. The number of imidazole rings is 1. The first-order chi connectivity index (χ1) is 9.02. The number of hydrogen-bond donors (Lipinski definition) is 2. The van der Waals surface area contributed by atoms with Gasteiger partial charge in [0.15, 0.2) is 4.77 Å². The molecule has 0 aliphatic carbocycles. The lowest BCUT2D eigenvalue weighted by molar-refractivity contribution is -0.121. The molecule has 0 fully saturated rings. The number of halogens is 2. The van der Waals surface area contributed by atoms with Gasteiger partial charge in [-0.25, -0.2) is 4.39 Å². The third-order valence-corrected chi connectivity index (χ3v) is 3.62. The number of carbonyl (C=O) groups excluding carboxylic acids is 1. The van der Waals surface area contributed by atoms with Crippen molar-refractivity contribution in [2.75, 3.05) is 6.54 Å². The smallest absolute Gasteiger partial charge is 0.240 e. The minimum absolute atomic E-state index is 0.112. The lowest BCUT2D eigenvalue weighted by atomic mass is 10.3. The Labute approximate surface area is 123 Å². The summed E-state index contributed by atoms with van der Waals surface area (Å²) in [7, 11) is 0. The van der Waals surface area contributed by atoms with Crippen molar-refractivity contribution in [3.8, 4) is 0 Å². The normalized spacial score (nSPS) is 10.9. The number of nitrogens with one attached hydrogen (secondary N) is 2. The van der Waals surface area contributed by atoms with Crippen molar-refractivity contribution in [1.82, 2.24) is 14.9 Å². The fourth-order valence-corrected chi connectivity index (χ4v) is 2.38. The first kappa shape index (κ1) is 14.2. The molecule has 0 spiro atoms. The van der Waals surface area contributed by atoms with E-state index < -0.39 is 0 Å². The highest BCUT2D eigenvalue weighted by atomic mass is 79.9. The molecule has 2 rings (SSSR count). The summed E-state index contributed by atoms with van der Waals surface area (Å²) in [6.07, 6.45) is 0.877. The van der Waals surface area contributed by atoms with Crippen molar-refractivity contribution in [1.29, 1.82) is 0 Å². The summed E-state index contributed by atoms with van der Waals surface area (Å²) in [5.41, 5.74) is 1.28. The van der Waals surface area contributed by atoms with Gasteiger partial charge in [0.2, 0.25) is 5.91 Å². The second-order valence-corrected chi connectivity index (χ2v) is 5.39. The summed E-state index contributed by atoms with van der Waals surface area (Å²) in [5, 5.41) is 2.78. The molecule has 0 atom stereocenters. The van der Waals surface area contributed by atoms with Crippen molar-refractivity contribution >= 4 is 45.1 Å². The third kappa shape index (κ3) is 3.03. The van der Waals surface area contributed by atoms with E-state index in [1.165, 1.54) is 6.07 Å². The molecule has 0 aliphatic rings. The molecule has 0 bridgehead atoms. The molecule has 1 aromatic heterocycles. The van der Waals surface area contributed by atoms with Crippen LogP contribution in [-0.2, 0) is 11.3 Å². The lowest BCUT2D eigenvalue weighted by Crippen LogP contribution is -2.28. The molecule has 0 saturated heterocycles. The fraction of sp³-hybridized carbons (Fsp3) is 0.333. The molecule has 0 aliphatic heterocycles. The summed E-state index contributed by atoms with van der Waals surface area (Å²) in [6.45, 7) is 2.74. The van der Waals surface area contributed by atoms with Gasteiger partial charge in [-0.15, -0.1) is 0 Å². The highest BCUT2D eigenvalue weighted by Gasteiger charge is 2.11. The van der Waals surface area contributed by atoms with Crippen molar-refractivity contribution in [2.24, 2.45) is 0 Å². The molecule has 19 heavy (non-hydrogen) atoms. The molecule has 0 saturated carbocycles. The predicted molar refractivity (Wildman–Crippen MR) is 78.1 cm³/mol. The predicted octanol–water partition coefficient (Wildman–Crippen LogP) is 3.13. The molecule has 1 aromatic carbocycles. The van der Waals surface area contributed by atoms with Crippen LogP contribution in [0.5, 0.6) is 0 Å². The van der Waals surface area contributed by atoms with Gasteiger partial charge in [0, 0.05) is 12.6 Å². The van der Waals surface area contributed by atoms with Crippen molar-refractivity contribution < 1.29 is 9.18 Å². The zero-order chi connectivity index (χ0) is 14.0. The van der Waals surface area contributed by atoms with Gasteiger partial charge < -0.3 is 14.9 Å². The highest BCUT2D eigenvalue weighted by molar-refractivity contribution is 9.10. The lowest BCUT2D eigenvalue weighted by Gasteiger charge is -2.06. The molecule has 102 valence electrons. The van der Waals surface area contributed by atoms with Crippen LogP contribution in [0, 0.1) is 10.6 Å². The Morgan fingerprint density at radius 2 is 2.32 bits per heavy atom. The number of nitrogens with zero attached hydrogens (tertiary/aromatic N) is 1. The molecular formula is C12H13BrFN3OS. The van der Waals surface area contributed by atoms with E-state index >= 15 is 0 Å². The van der Waals surface area contributed by atoms with Crippen molar-refractivity contribution in [2.45, 2.75) is 19.9 Å². The van der Waals surface area contributed by atoms with E-state index in [2.05, 4.69) is 26.2 Å². The second-order valence-electron chi connectivity index (χ2n) is 4.15. The van der Waals surface area contributed by atoms with E-state index in [4.69, 9.17) is 12.2 Å². The van der Waals surface area contributed by atoms with E-state index in [9.17, 15) is 9.18 Å². The van der Waals surface area contributed by atoms with Crippen LogP contribution in [-0.4, -0.2) is 22.0 Å². The molecule has 7 heteroatoms. The van der Waals surface area contributed by atoms with Crippen molar-refractivity contribution in [3.63, 3.8) is 0 Å². The van der Waals surface area contributed by atoms with Crippen LogP contribution in [0.1, 0.15) is 13.3 Å². The Morgan fingerprint density at radius 1 is 1.58 bits per heavy atom. The summed E-state index contributed by atoms with van der Waals surface area (Å²) in [6, 6.07) is 2.97. The highest BCUT2D eigenvalue weighted by Crippen LogP contribution is 2.23. The number of benzene rings is 1. The number of aromatic nitrogens is 2. The molecule has 1 heterocycles. The maximum absolute atomic E-state index is 13.4. The van der Waals surface area contributed by atoms with E-state index in [0.717, 1.165) is 6.42 Å². The standard InChI is InChI=1S/C12H13BrFN3OS/c1-2-3-15-11(18)6-17-10-4-7(13)8(14)5-9(10)16-12(17)19/h4-5H,2-3,6H2,1H3,(H,15,18)(H,16,19). The average Bonchev–Trinajstić information content (AvgIpc) is 2.64. The van der Waals surface area contributed by atoms with Crippen LogP contribution in [0.4, 0.5) is 4.39 Å². The van der Waals surface area contributed by atoms with Gasteiger partial charge in [0.25, 0.3) is 0 Å². The van der Waals surface area contributed by atoms with Crippen LogP contribution < -0.4 is 5.32 Å². The number of hydrogen-bond acceptors (Lipinski definition) is 2. The monoisotopic (exact) mass is 345 g/mol. The summed E-state index contributed by atoms with van der Waals surface area (Å²) in [4.78, 5) is 14.6. The maximum atomic E-state index is 13.4. The molecule has 4 nitrogen and oxygen atoms in total. The fourth-order valence-electron chi connectivity index (χ4n) is 1.77. The zero-order valence-electron chi connectivity index (χ0n) is 10.3. The van der Waals surface area contributed by atoms with Crippen LogP contribution >= 0.6 is 28.1 Å². The van der Waals surface area contributed by atoms with Crippen molar-refractivity contribution in [3.05, 3.63) is 27.2 Å². The van der Waals surface area contributed by atoms with E-state index in [0.29, 0.717) is 26.8 Å². The molecule has 2 N–H and O–H groups in total. The largest absolute Gasteiger partial charge is 0.355 e. The van der Waals surface area contributed by atoms with Crippen LogP contribution in [0.25, 0.3) is 11.0 Å². The maximum Gasteiger partial charge on any atom is 0.240 e. The van der Waals surface area contributed by atoms with Gasteiger partial charge in [0.1, 0.15) is 12.4 Å². The summed E-state index contributed by atoms with van der Waals surface area (Å²) < 4.78 is 15.8. The zero-order valence-corrected chi connectivity index (χ0v) is 12.7. The quantitative estimate of drug-likeness (QED) is 0.836. The molecular weight excluding hydrogens is 333 g/mol. The Hall–Kier alpha value is -1.21.